The maximum absolute atomic E-state index is 12.2. The molecule has 0 radical (unpaired) electrons. The fourth-order valence-electron chi connectivity index (χ4n) is 4.10. The summed E-state index contributed by atoms with van der Waals surface area (Å²) in [5.74, 6) is 0.622. The van der Waals surface area contributed by atoms with Crippen LogP contribution in [0.3, 0.4) is 0 Å². The van der Waals surface area contributed by atoms with Crippen LogP contribution in [0.1, 0.15) is 72.3 Å². The second kappa shape index (κ2) is 8.87. The van der Waals surface area contributed by atoms with Crippen LogP contribution in [0, 0.1) is 12.8 Å². The summed E-state index contributed by atoms with van der Waals surface area (Å²) in [4.78, 5) is 16.4. The number of H-pyrrole nitrogens is 1. The van der Waals surface area contributed by atoms with Crippen molar-refractivity contribution in [1.29, 1.82) is 0 Å². The summed E-state index contributed by atoms with van der Waals surface area (Å²) in [6, 6.07) is 10.1. The number of aryl methyl sites for hydroxylation is 1. The molecule has 1 fully saturated rings. The van der Waals surface area contributed by atoms with E-state index in [1.165, 1.54) is 31.2 Å². The number of benzene rings is 1. The number of carbonyl (C=O) groups excluding carboxylic acids is 1. The zero-order valence-corrected chi connectivity index (χ0v) is 17.2. The van der Waals surface area contributed by atoms with Gasteiger partial charge in [-0.05, 0) is 55.5 Å². The summed E-state index contributed by atoms with van der Waals surface area (Å²) in [5.41, 5.74) is 3.74. The molecule has 1 aliphatic rings. The molecule has 2 atom stereocenters. The molecule has 1 heterocycles. The van der Waals surface area contributed by atoms with E-state index in [0.29, 0.717) is 18.2 Å². The van der Waals surface area contributed by atoms with Gasteiger partial charge in [0.05, 0.1) is 6.61 Å². The summed E-state index contributed by atoms with van der Waals surface area (Å²) < 4.78 is 16.9. The largest absolute Gasteiger partial charge is 0.461 e. The van der Waals surface area contributed by atoms with Gasteiger partial charge >= 0.3 is 5.97 Å². The average molecular weight is 388 g/mol. The van der Waals surface area contributed by atoms with Crippen molar-refractivity contribution in [3.8, 4) is 0 Å². The van der Waals surface area contributed by atoms with Crippen molar-refractivity contribution in [2.24, 2.45) is 5.92 Å². The molecule has 0 aliphatic heterocycles. The summed E-state index contributed by atoms with van der Waals surface area (Å²) in [5, 5.41) is 0. The zero-order chi connectivity index (χ0) is 19.4. The molecule has 146 valence electrons. The van der Waals surface area contributed by atoms with Crippen molar-refractivity contribution in [3.05, 3.63) is 52.8 Å². The number of esters is 1. The molecule has 5 heteroatoms. The highest BCUT2D eigenvalue weighted by atomic mass is 32.2. The van der Waals surface area contributed by atoms with Gasteiger partial charge in [-0.1, -0.05) is 37.8 Å². The van der Waals surface area contributed by atoms with Gasteiger partial charge in [0.1, 0.15) is 5.69 Å². The summed E-state index contributed by atoms with van der Waals surface area (Å²) in [6.45, 7) is 4.13. The van der Waals surface area contributed by atoms with Crippen molar-refractivity contribution in [1.82, 2.24) is 4.98 Å². The molecular weight excluding hydrogens is 358 g/mol. The lowest BCUT2D eigenvalue weighted by molar-refractivity contribution is 0.0519. The minimum absolute atomic E-state index is 0.203. The molecule has 1 N–H and O–H groups in total. The molecule has 3 rings (SSSR count). The lowest BCUT2D eigenvalue weighted by Gasteiger charge is -2.20. The third-order valence-corrected chi connectivity index (χ3v) is 6.48. The maximum Gasteiger partial charge on any atom is 0.355 e. The number of nitrogens with one attached hydrogen (secondary N) is 1. The van der Waals surface area contributed by atoms with E-state index in [-0.39, 0.29) is 11.9 Å². The van der Waals surface area contributed by atoms with Gasteiger partial charge in [0.2, 0.25) is 0 Å². The fourth-order valence-corrected chi connectivity index (χ4v) is 4.62. The van der Waals surface area contributed by atoms with Crippen LogP contribution in [0.2, 0.25) is 0 Å². The maximum atomic E-state index is 12.2. The zero-order valence-electron chi connectivity index (χ0n) is 16.4. The highest BCUT2D eigenvalue weighted by Gasteiger charge is 2.25. The lowest BCUT2D eigenvalue weighted by Crippen LogP contribution is -2.10. The Labute approximate surface area is 164 Å². The van der Waals surface area contributed by atoms with Gasteiger partial charge in [-0.25, -0.2) is 4.79 Å². The van der Waals surface area contributed by atoms with E-state index in [1.54, 1.807) is 6.26 Å². The first-order chi connectivity index (χ1) is 13.0. The van der Waals surface area contributed by atoms with Crippen LogP contribution >= 0.6 is 0 Å². The number of rotatable bonds is 7. The molecule has 1 saturated carbocycles. The predicted molar refractivity (Wildman–Crippen MR) is 109 cm³/mol. The van der Waals surface area contributed by atoms with E-state index < -0.39 is 10.8 Å². The van der Waals surface area contributed by atoms with Crippen LogP contribution in [0.5, 0.6) is 0 Å². The standard InChI is InChI=1S/C22H29NO3S/c1-4-26-22(24)21-15(2)13-20(23-21)19(14-16-7-5-6-8-16)17-9-11-18(12-10-17)27(3)25/h9-13,16,19,23H,4-8,14H2,1-3H3. The Morgan fingerprint density at radius 1 is 1.26 bits per heavy atom. The average Bonchev–Trinajstić information content (AvgIpc) is 3.29. The third kappa shape index (κ3) is 4.70. The van der Waals surface area contributed by atoms with Crippen LogP contribution in [-0.2, 0) is 15.5 Å². The Hall–Kier alpha value is -1.88. The summed E-state index contributed by atoms with van der Waals surface area (Å²) in [6.07, 6.45) is 7.93. The molecule has 2 aromatic rings. The first-order valence-corrected chi connectivity index (χ1v) is 11.4. The van der Waals surface area contributed by atoms with Gasteiger partial charge < -0.3 is 9.72 Å². The van der Waals surface area contributed by atoms with Crippen molar-refractivity contribution in [3.63, 3.8) is 0 Å². The van der Waals surface area contributed by atoms with Crippen LogP contribution < -0.4 is 0 Å². The molecule has 0 spiro atoms. The SMILES string of the molecule is CCOC(=O)c1[nH]c(C(CC2CCCC2)c2ccc(S(C)=O)cc2)cc1C. The number of carbonyl (C=O) groups is 1. The van der Waals surface area contributed by atoms with E-state index in [9.17, 15) is 9.00 Å². The molecule has 0 bridgehead atoms. The number of ether oxygens (including phenoxy) is 1. The molecule has 0 amide bonds. The Morgan fingerprint density at radius 3 is 2.52 bits per heavy atom. The Kier molecular flexibility index (Phi) is 6.53. The van der Waals surface area contributed by atoms with Crippen LogP contribution in [0.4, 0.5) is 0 Å². The second-order valence-corrected chi connectivity index (χ2v) is 8.84. The molecule has 1 aromatic carbocycles. The van der Waals surface area contributed by atoms with Crippen molar-refractivity contribution in [2.45, 2.75) is 56.8 Å². The Bertz CT molecular complexity index is 803. The van der Waals surface area contributed by atoms with E-state index in [2.05, 4.69) is 23.2 Å². The minimum atomic E-state index is -0.976. The molecule has 1 aliphatic carbocycles. The quantitative estimate of drug-likeness (QED) is 0.684. The fraction of sp³-hybridized carbons (Fsp3) is 0.500. The highest BCUT2D eigenvalue weighted by molar-refractivity contribution is 7.84. The van der Waals surface area contributed by atoms with E-state index >= 15 is 0 Å². The molecule has 2 unspecified atom stereocenters. The third-order valence-electron chi connectivity index (χ3n) is 5.55. The van der Waals surface area contributed by atoms with Gasteiger partial charge in [0.25, 0.3) is 0 Å². The van der Waals surface area contributed by atoms with Crippen LogP contribution in [-0.4, -0.2) is 28.0 Å². The Morgan fingerprint density at radius 2 is 1.93 bits per heavy atom. The first kappa shape index (κ1) is 19.9. The van der Waals surface area contributed by atoms with E-state index in [4.69, 9.17) is 4.74 Å². The first-order valence-electron chi connectivity index (χ1n) is 9.79. The van der Waals surface area contributed by atoms with E-state index in [1.807, 2.05) is 26.0 Å². The number of hydrogen-bond acceptors (Lipinski definition) is 3. The summed E-state index contributed by atoms with van der Waals surface area (Å²) in [7, 11) is -0.976. The van der Waals surface area contributed by atoms with Gasteiger partial charge in [-0.15, -0.1) is 0 Å². The minimum Gasteiger partial charge on any atom is -0.461 e. The van der Waals surface area contributed by atoms with Crippen molar-refractivity contribution < 1.29 is 13.7 Å². The number of aromatic amines is 1. The summed E-state index contributed by atoms with van der Waals surface area (Å²) >= 11 is 0. The van der Waals surface area contributed by atoms with Gasteiger partial charge in [-0.3, -0.25) is 4.21 Å². The number of aromatic nitrogens is 1. The van der Waals surface area contributed by atoms with Crippen LogP contribution in [0.25, 0.3) is 0 Å². The van der Waals surface area contributed by atoms with Crippen molar-refractivity contribution >= 4 is 16.8 Å². The molecule has 4 nitrogen and oxygen atoms in total. The predicted octanol–water partition coefficient (Wildman–Crippen LogP) is 4.95. The van der Waals surface area contributed by atoms with Gasteiger partial charge in [-0.2, -0.15) is 0 Å². The normalized spacial score (nSPS) is 17.0. The monoisotopic (exact) mass is 387 g/mol. The topological polar surface area (TPSA) is 59.2 Å². The van der Waals surface area contributed by atoms with Gasteiger partial charge in [0.15, 0.2) is 0 Å². The lowest BCUT2D eigenvalue weighted by atomic mass is 9.85. The smallest absolute Gasteiger partial charge is 0.355 e. The highest BCUT2D eigenvalue weighted by Crippen LogP contribution is 2.38. The molecular formula is C22H29NO3S. The molecule has 1 aromatic heterocycles. The van der Waals surface area contributed by atoms with E-state index in [0.717, 1.165) is 22.6 Å². The second-order valence-electron chi connectivity index (χ2n) is 7.47. The number of hydrogen-bond donors (Lipinski definition) is 1. The van der Waals surface area contributed by atoms with Crippen molar-refractivity contribution in [2.75, 3.05) is 12.9 Å². The molecule has 27 heavy (non-hydrogen) atoms. The molecule has 0 saturated heterocycles. The van der Waals surface area contributed by atoms with Crippen LogP contribution in [0.15, 0.2) is 35.2 Å². The Balaban J connectivity index is 1.93. The van der Waals surface area contributed by atoms with Gasteiger partial charge in [0, 0.05) is 33.6 Å².